The third kappa shape index (κ3) is 3.66. The molecule has 8 nitrogen and oxygen atoms in total. The Morgan fingerprint density at radius 1 is 1.09 bits per heavy atom. The molecular weight excluding hydrogens is 416 g/mol. The molecule has 1 aliphatic carbocycles. The zero-order chi connectivity index (χ0) is 22.2. The first-order valence-corrected chi connectivity index (χ1v) is 9.91. The summed E-state index contributed by atoms with van der Waals surface area (Å²) in [5, 5.41) is 14.3. The number of pyridine rings is 1. The van der Waals surface area contributed by atoms with Gasteiger partial charge < -0.3 is 11.1 Å². The number of amides is 1. The Bertz CT molecular complexity index is 1320. The Balaban J connectivity index is 1.50. The standard InChI is InChI=1S/C22H17F2N7O/c23-17-2-1-3-18(19(17)24)31-21(28-29-30-31)16-10-14(11-26-20(16)25)12-4-6-13(7-5-12)22(32)27-15-8-9-15/h1-7,10-11,15H,8-9H2,(H2,25,26)(H,27,32). The number of nitrogens with one attached hydrogen (secondary N) is 1. The van der Waals surface area contributed by atoms with Crippen LogP contribution in [0.25, 0.3) is 28.2 Å². The summed E-state index contributed by atoms with van der Waals surface area (Å²) in [7, 11) is 0. The van der Waals surface area contributed by atoms with Gasteiger partial charge in [-0.3, -0.25) is 4.79 Å². The van der Waals surface area contributed by atoms with Gasteiger partial charge in [-0.2, -0.15) is 4.68 Å². The molecule has 2 aromatic heterocycles. The monoisotopic (exact) mass is 433 g/mol. The van der Waals surface area contributed by atoms with Crippen LogP contribution in [0.15, 0.2) is 54.7 Å². The number of hydrogen-bond donors (Lipinski definition) is 2. The van der Waals surface area contributed by atoms with Crippen molar-refractivity contribution in [1.29, 1.82) is 0 Å². The van der Waals surface area contributed by atoms with Gasteiger partial charge >= 0.3 is 0 Å². The van der Waals surface area contributed by atoms with E-state index in [0.29, 0.717) is 16.7 Å². The molecule has 4 aromatic rings. The summed E-state index contributed by atoms with van der Waals surface area (Å²) in [6.07, 6.45) is 3.61. The Kier molecular flexibility index (Phi) is 4.81. The van der Waals surface area contributed by atoms with Gasteiger partial charge in [0, 0.05) is 23.4 Å². The fourth-order valence-electron chi connectivity index (χ4n) is 3.30. The second-order valence-electron chi connectivity index (χ2n) is 7.47. The van der Waals surface area contributed by atoms with Gasteiger partial charge in [0.1, 0.15) is 11.5 Å². The summed E-state index contributed by atoms with van der Waals surface area (Å²) in [6, 6.07) is 12.8. The maximum Gasteiger partial charge on any atom is 0.251 e. The number of nitrogens with two attached hydrogens (primary N) is 1. The van der Waals surface area contributed by atoms with E-state index in [-0.39, 0.29) is 29.3 Å². The lowest BCUT2D eigenvalue weighted by Crippen LogP contribution is -2.25. The predicted octanol–water partition coefficient (Wildman–Crippen LogP) is 3.14. The summed E-state index contributed by atoms with van der Waals surface area (Å²) in [5.41, 5.74) is 8.30. The van der Waals surface area contributed by atoms with Crippen LogP contribution in [0, 0.1) is 11.6 Å². The number of nitrogen functional groups attached to an aromatic ring is 1. The van der Waals surface area contributed by atoms with E-state index < -0.39 is 11.6 Å². The Labute approximate surface area is 181 Å². The van der Waals surface area contributed by atoms with Gasteiger partial charge in [-0.25, -0.2) is 13.8 Å². The molecule has 32 heavy (non-hydrogen) atoms. The third-order valence-electron chi connectivity index (χ3n) is 5.18. The molecule has 5 rings (SSSR count). The Morgan fingerprint density at radius 3 is 2.62 bits per heavy atom. The van der Waals surface area contributed by atoms with Crippen LogP contribution in [-0.4, -0.2) is 37.1 Å². The average Bonchev–Trinajstić information content (AvgIpc) is 3.49. The number of carbonyl (C=O) groups excluding carboxylic acids is 1. The lowest BCUT2D eigenvalue weighted by Gasteiger charge is -2.10. The van der Waals surface area contributed by atoms with Gasteiger partial charge in [0.2, 0.25) is 0 Å². The number of aromatic nitrogens is 5. The molecule has 10 heteroatoms. The molecule has 0 saturated heterocycles. The van der Waals surface area contributed by atoms with Gasteiger partial charge in [0.15, 0.2) is 17.5 Å². The number of tetrazole rings is 1. The maximum atomic E-state index is 14.3. The van der Waals surface area contributed by atoms with E-state index in [1.807, 2.05) is 0 Å². The van der Waals surface area contributed by atoms with Gasteiger partial charge in [0.05, 0.1) is 5.56 Å². The van der Waals surface area contributed by atoms with Crippen molar-refractivity contribution in [1.82, 2.24) is 30.5 Å². The van der Waals surface area contributed by atoms with Crippen molar-refractivity contribution in [3.05, 3.63) is 71.9 Å². The number of anilines is 1. The van der Waals surface area contributed by atoms with Crippen LogP contribution in [0.4, 0.5) is 14.6 Å². The fraction of sp³-hybridized carbons (Fsp3) is 0.136. The highest BCUT2D eigenvalue weighted by atomic mass is 19.2. The van der Waals surface area contributed by atoms with Gasteiger partial charge in [0.25, 0.3) is 5.91 Å². The number of halogens is 2. The number of rotatable bonds is 5. The molecule has 0 radical (unpaired) electrons. The normalized spacial score (nSPS) is 13.2. The van der Waals surface area contributed by atoms with Gasteiger partial charge in [-0.15, -0.1) is 5.10 Å². The molecule has 1 amide bonds. The van der Waals surface area contributed by atoms with Crippen LogP contribution in [0.5, 0.6) is 0 Å². The van der Waals surface area contributed by atoms with Crippen LogP contribution < -0.4 is 11.1 Å². The number of carbonyl (C=O) groups is 1. The van der Waals surface area contributed by atoms with Crippen molar-refractivity contribution >= 4 is 11.7 Å². The SMILES string of the molecule is Nc1ncc(-c2ccc(C(=O)NC3CC3)cc2)cc1-c1nnnn1-c1cccc(F)c1F. The molecule has 2 heterocycles. The lowest BCUT2D eigenvalue weighted by molar-refractivity contribution is 0.0951. The third-order valence-corrected chi connectivity index (χ3v) is 5.18. The van der Waals surface area contributed by atoms with Crippen molar-refractivity contribution in [3.8, 4) is 28.2 Å². The van der Waals surface area contributed by atoms with Crippen molar-refractivity contribution < 1.29 is 13.6 Å². The molecule has 0 bridgehead atoms. The Morgan fingerprint density at radius 2 is 1.88 bits per heavy atom. The second kappa shape index (κ2) is 7.80. The molecule has 0 aliphatic heterocycles. The molecule has 160 valence electrons. The molecule has 1 aliphatic rings. The number of benzene rings is 2. The number of hydrogen-bond acceptors (Lipinski definition) is 6. The molecule has 0 atom stereocenters. The molecule has 0 unspecified atom stereocenters. The molecular formula is C22H17F2N7O. The molecule has 0 spiro atoms. The molecule has 3 N–H and O–H groups in total. The first-order valence-electron chi connectivity index (χ1n) is 9.91. The fourth-order valence-corrected chi connectivity index (χ4v) is 3.30. The summed E-state index contributed by atoms with van der Waals surface area (Å²) in [6.45, 7) is 0. The van der Waals surface area contributed by atoms with Crippen LogP contribution in [-0.2, 0) is 0 Å². The quantitative estimate of drug-likeness (QED) is 0.500. The van der Waals surface area contributed by atoms with Crippen LogP contribution in [0.2, 0.25) is 0 Å². The molecule has 1 fully saturated rings. The highest BCUT2D eigenvalue weighted by Gasteiger charge is 2.24. The minimum Gasteiger partial charge on any atom is -0.383 e. The molecule has 2 aromatic carbocycles. The van der Waals surface area contributed by atoms with Crippen molar-refractivity contribution in [3.63, 3.8) is 0 Å². The topological polar surface area (TPSA) is 112 Å². The number of nitrogens with zero attached hydrogens (tertiary/aromatic N) is 5. The van der Waals surface area contributed by atoms with Crippen LogP contribution in [0.3, 0.4) is 0 Å². The van der Waals surface area contributed by atoms with Crippen LogP contribution in [0.1, 0.15) is 23.2 Å². The minimum absolute atomic E-state index is 0.105. The maximum absolute atomic E-state index is 14.3. The van der Waals surface area contributed by atoms with Crippen molar-refractivity contribution in [2.75, 3.05) is 5.73 Å². The van der Waals surface area contributed by atoms with Crippen molar-refractivity contribution in [2.45, 2.75) is 18.9 Å². The predicted molar refractivity (Wildman–Crippen MR) is 113 cm³/mol. The lowest BCUT2D eigenvalue weighted by atomic mass is 10.0. The van der Waals surface area contributed by atoms with Crippen LogP contribution >= 0.6 is 0 Å². The van der Waals surface area contributed by atoms with E-state index in [2.05, 4.69) is 25.8 Å². The zero-order valence-electron chi connectivity index (χ0n) is 16.7. The van der Waals surface area contributed by atoms with Gasteiger partial charge in [-0.05, 0) is 59.2 Å². The summed E-state index contributed by atoms with van der Waals surface area (Å²) >= 11 is 0. The van der Waals surface area contributed by atoms with E-state index in [4.69, 9.17) is 5.73 Å². The van der Waals surface area contributed by atoms with E-state index in [1.54, 1.807) is 36.5 Å². The average molecular weight is 433 g/mol. The van der Waals surface area contributed by atoms with E-state index in [0.717, 1.165) is 29.2 Å². The first kappa shape index (κ1) is 19.7. The second-order valence-corrected chi connectivity index (χ2v) is 7.47. The van der Waals surface area contributed by atoms with Crippen molar-refractivity contribution in [2.24, 2.45) is 0 Å². The summed E-state index contributed by atoms with van der Waals surface area (Å²) in [5.74, 6) is -1.96. The molecule has 1 saturated carbocycles. The summed E-state index contributed by atoms with van der Waals surface area (Å²) < 4.78 is 29.1. The minimum atomic E-state index is -1.08. The highest BCUT2D eigenvalue weighted by Crippen LogP contribution is 2.30. The largest absolute Gasteiger partial charge is 0.383 e. The summed E-state index contributed by atoms with van der Waals surface area (Å²) in [4.78, 5) is 16.4. The Hall–Kier alpha value is -4.21. The smallest absolute Gasteiger partial charge is 0.251 e. The van der Waals surface area contributed by atoms with E-state index in [9.17, 15) is 13.6 Å². The highest BCUT2D eigenvalue weighted by molar-refractivity contribution is 5.95. The first-order chi connectivity index (χ1) is 15.5. The van der Waals surface area contributed by atoms with E-state index >= 15 is 0 Å². The van der Waals surface area contributed by atoms with Gasteiger partial charge in [-0.1, -0.05) is 18.2 Å². The zero-order valence-corrected chi connectivity index (χ0v) is 16.7. The van der Waals surface area contributed by atoms with E-state index in [1.165, 1.54) is 12.1 Å².